The molecule has 0 saturated heterocycles. The summed E-state index contributed by atoms with van der Waals surface area (Å²) in [6.45, 7) is 0. The van der Waals surface area contributed by atoms with Gasteiger partial charge in [-0.2, -0.15) is 0 Å². The van der Waals surface area contributed by atoms with E-state index in [2.05, 4.69) is 35.5 Å². The van der Waals surface area contributed by atoms with Crippen LogP contribution in [-0.4, -0.2) is 17.3 Å². The van der Waals surface area contributed by atoms with Crippen molar-refractivity contribution in [2.45, 2.75) is 38.5 Å². The minimum atomic E-state index is -1.81. The zero-order chi connectivity index (χ0) is 20.7. The molecule has 0 radical (unpaired) electrons. The SMILES string of the molecule is C#CCC1(CC#C)C(=O)C(CC#C)(CC#C)C(=O)C(CC#C)(CC#C)C1=O. The van der Waals surface area contributed by atoms with Crippen molar-refractivity contribution in [3.05, 3.63) is 0 Å². The second kappa shape index (κ2) is 8.17. The maximum atomic E-state index is 13.5. The monoisotopic (exact) mass is 354 g/mol. The molecule has 0 aliphatic heterocycles. The lowest BCUT2D eigenvalue weighted by atomic mass is 9.46. The van der Waals surface area contributed by atoms with E-state index >= 15 is 0 Å². The molecule has 132 valence electrons. The Morgan fingerprint density at radius 3 is 0.704 bits per heavy atom. The summed E-state index contributed by atoms with van der Waals surface area (Å²) in [5.41, 5.74) is -5.42. The topological polar surface area (TPSA) is 51.2 Å². The largest absolute Gasteiger partial charge is 0.297 e. The summed E-state index contributed by atoms with van der Waals surface area (Å²) in [4.78, 5) is 40.6. The molecule has 1 aliphatic carbocycles. The molecule has 0 atom stereocenters. The van der Waals surface area contributed by atoms with Gasteiger partial charge in [-0.25, -0.2) is 0 Å². The quantitative estimate of drug-likeness (QED) is 0.540. The molecule has 3 nitrogen and oxygen atoms in total. The molecule has 1 fully saturated rings. The minimum Gasteiger partial charge on any atom is -0.297 e. The van der Waals surface area contributed by atoms with E-state index in [1.54, 1.807) is 0 Å². The predicted octanol–water partition coefficient (Wildman–Crippen LogP) is 1.81. The van der Waals surface area contributed by atoms with Crippen molar-refractivity contribution in [3.8, 4) is 74.1 Å². The molecular formula is C24H18O3. The number of hydrogen-bond donors (Lipinski definition) is 0. The van der Waals surface area contributed by atoms with Crippen LogP contribution >= 0.6 is 0 Å². The van der Waals surface area contributed by atoms with Gasteiger partial charge in [-0.1, -0.05) is 0 Å². The van der Waals surface area contributed by atoms with Gasteiger partial charge < -0.3 is 0 Å². The Kier molecular flexibility index (Phi) is 6.48. The van der Waals surface area contributed by atoms with Gasteiger partial charge in [0.2, 0.25) is 0 Å². The van der Waals surface area contributed by atoms with Crippen LogP contribution in [0.3, 0.4) is 0 Å². The summed E-state index contributed by atoms with van der Waals surface area (Å²) in [5.74, 6) is 11.8. The number of hydrogen-bond acceptors (Lipinski definition) is 3. The van der Waals surface area contributed by atoms with Gasteiger partial charge >= 0.3 is 0 Å². The van der Waals surface area contributed by atoms with Crippen molar-refractivity contribution >= 4 is 17.3 Å². The molecule has 0 N–H and O–H groups in total. The molecule has 0 aromatic rings. The first-order valence-corrected chi connectivity index (χ1v) is 8.09. The molecule has 0 spiro atoms. The maximum Gasteiger partial charge on any atom is 0.163 e. The first kappa shape index (κ1) is 21.4. The van der Waals surface area contributed by atoms with Crippen molar-refractivity contribution in [2.24, 2.45) is 16.2 Å². The Balaban J connectivity index is 4.04. The van der Waals surface area contributed by atoms with E-state index in [1.807, 2.05) is 0 Å². The maximum absolute atomic E-state index is 13.5. The van der Waals surface area contributed by atoms with Crippen LogP contribution in [-0.2, 0) is 14.4 Å². The summed E-state index contributed by atoms with van der Waals surface area (Å²) in [6.07, 6.45) is 30.9. The average Bonchev–Trinajstić information content (AvgIpc) is 2.64. The van der Waals surface area contributed by atoms with Crippen LogP contribution < -0.4 is 0 Å². The lowest BCUT2D eigenvalue weighted by molar-refractivity contribution is -0.169. The van der Waals surface area contributed by atoms with Crippen LogP contribution in [0.2, 0.25) is 0 Å². The van der Waals surface area contributed by atoms with Crippen molar-refractivity contribution in [1.29, 1.82) is 0 Å². The summed E-state index contributed by atoms with van der Waals surface area (Å²) in [6, 6.07) is 0. The van der Waals surface area contributed by atoms with E-state index in [0.717, 1.165) is 0 Å². The van der Waals surface area contributed by atoms with Gasteiger partial charge in [0.1, 0.15) is 16.2 Å². The third-order valence-corrected chi connectivity index (χ3v) is 5.03. The number of rotatable bonds is 6. The van der Waals surface area contributed by atoms with Gasteiger partial charge in [0, 0.05) is 38.5 Å². The molecule has 1 aliphatic rings. The van der Waals surface area contributed by atoms with E-state index in [4.69, 9.17) is 38.5 Å². The van der Waals surface area contributed by atoms with Crippen LogP contribution in [0.1, 0.15) is 38.5 Å². The van der Waals surface area contributed by atoms with Crippen LogP contribution in [0.5, 0.6) is 0 Å². The second-order valence-electron chi connectivity index (χ2n) is 6.52. The van der Waals surface area contributed by atoms with E-state index in [-0.39, 0.29) is 38.5 Å². The van der Waals surface area contributed by atoms with E-state index in [1.165, 1.54) is 0 Å². The Labute approximate surface area is 161 Å². The number of terminal acetylenes is 6. The Bertz CT molecular complexity index is 723. The van der Waals surface area contributed by atoms with Crippen molar-refractivity contribution in [3.63, 3.8) is 0 Å². The molecule has 0 aromatic carbocycles. The van der Waals surface area contributed by atoms with E-state index in [0.29, 0.717) is 0 Å². The molecule has 0 aromatic heterocycles. The van der Waals surface area contributed by atoms with E-state index < -0.39 is 33.6 Å². The molecule has 27 heavy (non-hydrogen) atoms. The standard InChI is InChI=1S/C24H18O3/c1-7-13-22(14-8-2)19(25)23(15-9-3,16-10-4)21(27)24(17-11-5,18-12-6)20(22)26/h1-6H,13-18H2. The molecule has 0 unspecified atom stereocenters. The zero-order valence-electron chi connectivity index (χ0n) is 14.9. The minimum absolute atomic E-state index is 0.296. The number of carbonyl (C=O) groups is 3. The second-order valence-corrected chi connectivity index (χ2v) is 6.52. The number of Topliss-reactive ketones (excluding diaryl/α,β-unsaturated/α-hetero) is 3. The van der Waals surface area contributed by atoms with Gasteiger partial charge in [-0.05, 0) is 0 Å². The molecule has 1 saturated carbocycles. The van der Waals surface area contributed by atoms with Gasteiger partial charge in [-0.15, -0.1) is 74.1 Å². The van der Waals surface area contributed by atoms with Crippen LogP contribution in [0, 0.1) is 90.3 Å². The highest BCUT2D eigenvalue weighted by Gasteiger charge is 2.70. The lowest BCUT2D eigenvalue weighted by Gasteiger charge is -2.49. The molecule has 0 bridgehead atoms. The average molecular weight is 354 g/mol. The van der Waals surface area contributed by atoms with Gasteiger partial charge in [0.25, 0.3) is 0 Å². The van der Waals surface area contributed by atoms with E-state index in [9.17, 15) is 14.4 Å². The highest BCUT2D eigenvalue weighted by Crippen LogP contribution is 2.55. The summed E-state index contributed by atoms with van der Waals surface area (Å²) >= 11 is 0. The molecule has 0 heterocycles. The molecule has 1 rings (SSSR count). The molecule has 0 amide bonds. The Hall–Kier alpha value is -3.63. The van der Waals surface area contributed by atoms with Crippen LogP contribution in [0.4, 0.5) is 0 Å². The van der Waals surface area contributed by atoms with Crippen LogP contribution in [0.25, 0.3) is 0 Å². The van der Waals surface area contributed by atoms with Crippen molar-refractivity contribution in [2.75, 3.05) is 0 Å². The summed E-state index contributed by atoms with van der Waals surface area (Å²) in [7, 11) is 0. The normalized spacial score (nSPS) is 18.7. The smallest absolute Gasteiger partial charge is 0.163 e. The third-order valence-electron chi connectivity index (χ3n) is 5.03. The predicted molar refractivity (Wildman–Crippen MR) is 103 cm³/mol. The lowest BCUT2D eigenvalue weighted by Crippen LogP contribution is -2.66. The Morgan fingerprint density at radius 1 is 0.444 bits per heavy atom. The highest BCUT2D eigenvalue weighted by atomic mass is 16.2. The fourth-order valence-electron chi connectivity index (χ4n) is 3.88. The Morgan fingerprint density at radius 2 is 0.593 bits per heavy atom. The van der Waals surface area contributed by atoms with Gasteiger partial charge in [0.15, 0.2) is 17.3 Å². The third kappa shape index (κ3) is 2.92. The molecule has 3 heteroatoms. The first-order valence-electron chi connectivity index (χ1n) is 8.09. The van der Waals surface area contributed by atoms with Gasteiger partial charge in [-0.3, -0.25) is 14.4 Å². The highest BCUT2D eigenvalue weighted by molar-refractivity contribution is 6.31. The first-order chi connectivity index (χ1) is 12.8. The summed E-state index contributed by atoms with van der Waals surface area (Å²) < 4.78 is 0. The number of carbonyl (C=O) groups excluding carboxylic acids is 3. The van der Waals surface area contributed by atoms with Gasteiger partial charge in [0.05, 0.1) is 0 Å². The summed E-state index contributed by atoms with van der Waals surface area (Å²) in [5, 5.41) is 0. The number of ketones is 3. The van der Waals surface area contributed by atoms with Crippen molar-refractivity contribution < 1.29 is 14.4 Å². The fourth-order valence-corrected chi connectivity index (χ4v) is 3.88. The molecular weight excluding hydrogens is 336 g/mol. The zero-order valence-corrected chi connectivity index (χ0v) is 14.9. The van der Waals surface area contributed by atoms with Crippen molar-refractivity contribution in [1.82, 2.24) is 0 Å². The fraction of sp³-hybridized carbons (Fsp3) is 0.375. The van der Waals surface area contributed by atoms with Crippen LogP contribution in [0.15, 0.2) is 0 Å².